The number of halogens is 1. The largest absolute Gasteiger partial charge is 0.357 e. The summed E-state index contributed by atoms with van der Waals surface area (Å²) in [5.74, 6) is 1.15. The number of nitrogens with zero attached hydrogens (tertiary/aromatic N) is 3. The van der Waals surface area contributed by atoms with Crippen molar-refractivity contribution in [3.63, 3.8) is 0 Å². The fourth-order valence-corrected chi connectivity index (χ4v) is 3.99. The van der Waals surface area contributed by atoms with Crippen LogP contribution in [0.4, 0.5) is 5.69 Å². The second-order valence-corrected chi connectivity index (χ2v) is 7.61. The number of nitrogens with one attached hydrogen (secondary N) is 2. The van der Waals surface area contributed by atoms with Crippen LogP contribution in [-0.2, 0) is 16.0 Å². The van der Waals surface area contributed by atoms with E-state index in [1.807, 2.05) is 41.8 Å². The van der Waals surface area contributed by atoms with Gasteiger partial charge in [0.05, 0.1) is 0 Å². The van der Waals surface area contributed by atoms with Crippen LogP contribution < -0.4 is 15.5 Å². The predicted molar refractivity (Wildman–Crippen MR) is 132 cm³/mol. The average molecular weight is 527 g/mol. The Balaban J connectivity index is 0.00000320. The molecule has 0 radical (unpaired) electrons. The van der Waals surface area contributed by atoms with Crippen LogP contribution in [-0.4, -0.2) is 61.4 Å². The fourth-order valence-electron chi connectivity index (χ4n) is 3.99. The first-order valence-electron chi connectivity index (χ1n) is 10.8. The number of para-hydroxylation sites is 1. The molecule has 166 valence electrons. The van der Waals surface area contributed by atoms with Crippen LogP contribution in [0, 0.1) is 0 Å². The molecule has 1 atom stereocenters. The van der Waals surface area contributed by atoms with E-state index in [2.05, 4.69) is 21.7 Å². The van der Waals surface area contributed by atoms with Gasteiger partial charge in [0.2, 0.25) is 11.8 Å². The average Bonchev–Trinajstić information content (AvgIpc) is 3.37. The summed E-state index contributed by atoms with van der Waals surface area (Å²) in [5, 5.41) is 6.70. The Bertz CT molecular complexity index is 755. The van der Waals surface area contributed by atoms with Gasteiger partial charge in [-0.2, -0.15) is 0 Å². The zero-order valence-corrected chi connectivity index (χ0v) is 20.4. The van der Waals surface area contributed by atoms with Crippen molar-refractivity contribution in [2.45, 2.75) is 52.0 Å². The first-order chi connectivity index (χ1) is 14.1. The van der Waals surface area contributed by atoms with Crippen molar-refractivity contribution < 1.29 is 9.59 Å². The zero-order valence-electron chi connectivity index (χ0n) is 18.0. The van der Waals surface area contributed by atoms with Crippen molar-refractivity contribution in [2.75, 3.05) is 37.6 Å². The van der Waals surface area contributed by atoms with Crippen LogP contribution in [0.15, 0.2) is 29.3 Å². The molecule has 1 aromatic rings. The van der Waals surface area contributed by atoms with Gasteiger partial charge in [0.25, 0.3) is 0 Å². The third kappa shape index (κ3) is 6.33. The normalized spacial score (nSPS) is 18.1. The van der Waals surface area contributed by atoms with E-state index in [-0.39, 0.29) is 41.8 Å². The lowest BCUT2D eigenvalue weighted by molar-refractivity contribution is -0.129. The van der Waals surface area contributed by atoms with Crippen LogP contribution in [0.5, 0.6) is 0 Å². The van der Waals surface area contributed by atoms with E-state index in [0.29, 0.717) is 19.4 Å². The summed E-state index contributed by atoms with van der Waals surface area (Å²) in [7, 11) is 0. The van der Waals surface area contributed by atoms with Gasteiger partial charge in [-0.25, -0.2) is 0 Å². The van der Waals surface area contributed by atoms with Gasteiger partial charge in [-0.3, -0.25) is 14.6 Å². The van der Waals surface area contributed by atoms with E-state index in [0.717, 1.165) is 57.1 Å². The molecule has 0 aromatic heterocycles. The number of carbonyl (C=O) groups is 2. The van der Waals surface area contributed by atoms with Gasteiger partial charge in [-0.1, -0.05) is 25.1 Å². The molecule has 1 aromatic carbocycles. The minimum absolute atomic E-state index is 0. The lowest BCUT2D eigenvalue weighted by Gasteiger charge is -2.19. The first kappa shape index (κ1) is 24.4. The van der Waals surface area contributed by atoms with Crippen LogP contribution in [0.2, 0.25) is 0 Å². The molecule has 0 bridgehead atoms. The highest BCUT2D eigenvalue weighted by molar-refractivity contribution is 14.0. The number of amides is 2. The molecule has 8 heteroatoms. The molecule has 0 aliphatic carbocycles. The van der Waals surface area contributed by atoms with Crippen molar-refractivity contribution in [3.8, 4) is 0 Å². The number of guanidine groups is 1. The van der Waals surface area contributed by atoms with E-state index in [1.54, 1.807) is 0 Å². The second kappa shape index (κ2) is 12.1. The van der Waals surface area contributed by atoms with Gasteiger partial charge in [0.1, 0.15) is 0 Å². The Morgan fingerprint density at radius 3 is 2.73 bits per heavy atom. The number of fused-ring (bicyclic) bond motifs is 1. The van der Waals surface area contributed by atoms with E-state index in [4.69, 9.17) is 0 Å². The van der Waals surface area contributed by atoms with E-state index in [1.165, 1.54) is 5.56 Å². The Morgan fingerprint density at radius 2 is 1.97 bits per heavy atom. The minimum Gasteiger partial charge on any atom is -0.357 e. The number of hydrogen-bond donors (Lipinski definition) is 2. The van der Waals surface area contributed by atoms with Crippen LogP contribution in [0.1, 0.15) is 45.1 Å². The summed E-state index contributed by atoms with van der Waals surface area (Å²) in [6.07, 6.45) is 3.64. The SMILES string of the molecule is CCNC(=NCCCC(=O)N1CCc2ccccc21)NC1CCN(C(=O)CC)C1.I. The highest BCUT2D eigenvalue weighted by Gasteiger charge is 2.26. The van der Waals surface area contributed by atoms with E-state index < -0.39 is 0 Å². The molecule has 30 heavy (non-hydrogen) atoms. The van der Waals surface area contributed by atoms with Gasteiger partial charge in [-0.05, 0) is 37.8 Å². The summed E-state index contributed by atoms with van der Waals surface area (Å²) in [6, 6.07) is 8.37. The van der Waals surface area contributed by atoms with Crippen molar-refractivity contribution in [2.24, 2.45) is 4.99 Å². The number of aliphatic imine (C=N–C) groups is 1. The molecule has 2 aliphatic heterocycles. The molecular weight excluding hydrogens is 493 g/mol. The maximum absolute atomic E-state index is 12.6. The fraction of sp³-hybridized carbons (Fsp3) is 0.591. The molecule has 1 saturated heterocycles. The Hall–Kier alpha value is -1.84. The molecule has 2 amide bonds. The molecule has 2 aliphatic rings. The lowest BCUT2D eigenvalue weighted by atomic mass is 10.2. The van der Waals surface area contributed by atoms with Gasteiger partial charge in [0.15, 0.2) is 5.96 Å². The topological polar surface area (TPSA) is 77.0 Å². The predicted octanol–water partition coefficient (Wildman–Crippen LogP) is 2.54. The van der Waals surface area contributed by atoms with E-state index in [9.17, 15) is 9.59 Å². The van der Waals surface area contributed by atoms with E-state index >= 15 is 0 Å². The Morgan fingerprint density at radius 1 is 1.17 bits per heavy atom. The highest BCUT2D eigenvalue weighted by atomic mass is 127. The molecule has 7 nitrogen and oxygen atoms in total. The number of carbonyl (C=O) groups excluding carboxylic acids is 2. The van der Waals surface area contributed by atoms with Gasteiger partial charge in [0, 0.05) is 57.3 Å². The summed E-state index contributed by atoms with van der Waals surface area (Å²) in [6.45, 7) is 7.62. The molecule has 3 rings (SSSR count). The summed E-state index contributed by atoms with van der Waals surface area (Å²) >= 11 is 0. The second-order valence-electron chi connectivity index (χ2n) is 7.61. The van der Waals surface area contributed by atoms with Gasteiger partial charge >= 0.3 is 0 Å². The summed E-state index contributed by atoms with van der Waals surface area (Å²) in [5.41, 5.74) is 2.31. The van der Waals surface area contributed by atoms with Crippen molar-refractivity contribution in [3.05, 3.63) is 29.8 Å². The summed E-state index contributed by atoms with van der Waals surface area (Å²) in [4.78, 5) is 32.9. The number of likely N-dealkylation sites (tertiary alicyclic amines) is 1. The maximum atomic E-state index is 12.6. The third-order valence-corrected chi connectivity index (χ3v) is 5.54. The zero-order chi connectivity index (χ0) is 20.6. The smallest absolute Gasteiger partial charge is 0.227 e. The quantitative estimate of drug-likeness (QED) is 0.248. The summed E-state index contributed by atoms with van der Waals surface area (Å²) < 4.78 is 0. The number of anilines is 1. The third-order valence-electron chi connectivity index (χ3n) is 5.54. The molecule has 0 saturated carbocycles. The van der Waals surface area contributed by atoms with Crippen molar-refractivity contribution >= 4 is 47.4 Å². The van der Waals surface area contributed by atoms with Crippen molar-refractivity contribution in [1.82, 2.24) is 15.5 Å². The molecule has 2 heterocycles. The Labute approximate surface area is 196 Å². The molecule has 1 fully saturated rings. The van der Waals surface area contributed by atoms with Crippen LogP contribution >= 0.6 is 24.0 Å². The van der Waals surface area contributed by atoms with Gasteiger partial charge < -0.3 is 20.4 Å². The highest BCUT2D eigenvalue weighted by Crippen LogP contribution is 2.28. The maximum Gasteiger partial charge on any atom is 0.227 e. The monoisotopic (exact) mass is 527 g/mol. The number of rotatable bonds is 7. The van der Waals surface area contributed by atoms with Crippen molar-refractivity contribution in [1.29, 1.82) is 0 Å². The Kier molecular flexibility index (Phi) is 9.87. The molecule has 0 spiro atoms. The number of benzene rings is 1. The van der Waals surface area contributed by atoms with Crippen LogP contribution in [0.3, 0.4) is 0 Å². The number of hydrogen-bond acceptors (Lipinski definition) is 3. The molecule has 2 N–H and O–H groups in total. The lowest BCUT2D eigenvalue weighted by Crippen LogP contribution is -2.45. The van der Waals surface area contributed by atoms with Gasteiger partial charge in [-0.15, -0.1) is 24.0 Å². The van der Waals surface area contributed by atoms with Crippen LogP contribution in [0.25, 0.3) is 0 Å². The standard InChI is InChI=1S/C22H33N5O2.HI/c1-3-20(28)26-14-12-18(16-26)25-22(23-4-2)24-13-7-10-21(29)27-15-11-17-8-5-6-9-19(17)27;/h5-6,8-9,18H,3-4,7,10-16H2,1-2H3,(H2,23,24,25);1H. The first-order valence-corrected chi connectivity index (χ1v) is 10.8. The molecule has 1 unspecified atom stereocenters. The molecular formula is C22H34IN5O2. The minimum atomic E-state index is 0.